The second-order valence-corrected chi connectivity index (χ2v) is 5.84. The standard InChI is InChI=1S/C16H25NO2/c1-16(12-18,14-8-9-14)17-15(11-19-2)10-13-6-4-3-5-7-13/h3-7,14-15,17-18H,8-12H2,1-2H3. The predicted molar refractivity (Wildman–Crippen MR) is 77.2 cm³/mol. The van der Waals surface area contributed by atoms with Crippen LogP contribution in [0.25, 0.3) is 0 Å². The zero-order chi connectivity index (χ0) is 13.7. The van der Waals surface area contributed by atoms with Crippen LogP contribution in [-0.4, -0.2) is 37.0 Å². The van der Waals surface area contributed by atoms with E-state index in [9.17, 15) is 5.11 Å². The first-order valence-corrected chi connectivity index (χ1v) is 7.09. The largest absolute Gasteiger partial charge is 0.394 e. The van der Waals surface area contributed by atoms with Gasteiger partial charge in [-0.05, 0) is 37.7 Å². The normalized spacial score (nSPS) is 19.9. The fourth-order valence-electron chi connectivity index (χ4n) is 2.73. The average Bonchev–Trinajstić information content (AvgIpc) is 3.25. The zero-order valence-electron chi connectivity index (χ0n) is 11.9. The molecule has 1 aliphatic carbocycles. The fourth-order valence-corrected chi connectivity index (χ4v) is 2.73. The molecular weight excluding hydrogens is 238 g/mol. The Hall–Kier alpha value is -0.900. The second-order valence-electron chi connectivity index (χ2n) is 5.84. The lowest BCUT2D eigenvalue weighted by atomic mass is 9.94. The minimum Gasteiger partial charge on any atom is -0.394 e. The lowest BCUT2D eigenvalue weighted by molar-refractivity contribution is 0.105. The van der Waals surface area contributed by atoms with Gasteiger partial charge >= 0.3 is 0 Å². The van der Waals surface area contributed by atoms with Crippen molar-refractivity contribution in [3.8, 4) is 0 Å². The number of ether oxygens (including phenoxy) is 1. The van der Waals surface area contributed by atoms with Gasteiger partial charge in [0.1, 0.15) is 0 Å². The van der Waals surface area contributed by atoms with Crippen LogP contribution < -0.4 is 5.32 Å². The molecule has 1 aromatic rings. The Morgan fingerprint density at radius 1 is 1.37 bits per heavy atom. The highest BCUT2D eigenvalue weighted by Crippen LogP contribution is 2.39. The quantitative estimate of drug-likeness (QED) is 0.754. The van der Waals surface area contributed by atoms with Crippen molar-refractivity contribution in [2.75, 3.05) is 20.3 Å². The monoisotopic (exact) mass is 263 g/mol. The van der Waals surface area contributed by atoms with Crippen molar-refractivity contribution in [3.63, 3.8) is 0 Å². The molecule has 1 saturated carbocycles. The van der Waals surface area contributed by atoms with Crippen LogP contribution in [-0.2, 0) is 11.2 Å². The van der Waals surface area contributed by atoms with Crippen LogP contribution in [0.15, 0.2) is 30.3 Å². The molecule has 1 aromatic carbocycles. The van der Waals surface area contributed by atoms with Gasteiger partial charge in [-0.15, -0.1) is 0 Å². The van der Waals surface area contributed by atoms with Crippen molar-refractivity contribution >= 4 is 0 Å². The smallest absolute Gasteiger partial charge is 0.0619 e. The van der Waals surface area contributed by atoms with E-state index in [1.54, 1.807) is 7.11 Å². The molecule has 1 aliphatic rings. The Bertz CT molecular complexity index is 378. The van der Waals surface area contributed by atoms with E-state index in [4.69, 9.17) is 4.74 Å². The maximum atomic E-state index is 9.68. The van der Waals surface area contributed by atoms with Gasteiger partial charge in [0.25, 0.3) is 0 Å². The number of hydrogen-bond acceptors (Lipinski definition) is 3. The minimum atomic E-state index is -0.169. The zero-order valence-corrected chi connectivity index (χ0v) is 11.9. The first kappa shape index (κ1) is 14.5. The molecule has 0 spiro atoms. The molecule has 2 N–H and O–H groups in total. The maximum Gasteiger partial charge on any atom is 0.0619 e. The first-order chi connectivity index (χ1) is 9.18. The van der Waals surface area contributed by atoms with Crippen molar-refractivity contribution in [2.45, 2.75) is 37.8 Å². The molecule has 1 fully saturated rings. The summed E-state index contributed by atoms with van der Waals surface area (Å²) in [5.41, 5.74) is 1.13. The molecule has 0 bridgehead atoms. The van der Waals surface area contributed by atoms with Crippen molar-refractivity contribution in [1.82, 2.24) is 5.32 Å². The van der Waals surface area contributed by atoms with Crippen molar-refractivity contribution < 1.29 is 9.84 Å². The van der Waals surface area contributed by atoms with Crippen LogP contribution in [0, 0.1) is 5.92 Å². The molecule has 106 valence electrons. The molecule has 0 radical (unpaired) electrons. The van der Waals surface area contributed by atoms with Gasteiger partial charge in [0.15, 0.2) is 0 Å². The highest BCUT2D eigenvalue weighted by Gasteiger charge is 2.42. The highest BCUT2D eigenvalue weighted by molar-refractivity contribution is 5.16. The molecule has 3 nitrogen and oxygen atoms in total. The summed E-state index contributed by atoms with van der Waals surface area (Å²) in [6.45, 7) is 2.97. The van der Waals surface area contributed by atoms with Crippen LogP contribution in [0.1, 0.15) is 25.3 Å². The summed E-state index contributed by atoms with van der Waals surface area (Å²) in [5.74, 6) is 0.604. The van der Waals surface area contributed by atoms with Gasteiger partial charge in [-0.3, -0.25) is 0 Å². The van der Waals surface area contributed by atoms with Crippen LogP contribution in [0.5, 0.6) is 0 Å². The number of nitrogens with one attached hydrogen (secondary N) is 1. The molecule has 19 heavy (non-hydrogen) atoms. The van der Waals surface area contributed by atoms with E-state index in [-0.39, 0.29) is 18.2 Å². The average molecular weight is 263 g/mol. The maximum absolute atomic E-state index is 9.68. The van der Waals surface area contributed by atoms with E-state index >= 15 is 0 Å². The third-order valence-corrected chi connectivity index (χ3v) is 4.03. The van der Waals surface area contributed by atoms with Crippen LogP contribution in [0.3, 0.4) is 0 Å². The van der Waals surface area contributed by atoms with Gasteiger partial charge in [0.2, 0.25) is 0 Å². The third kappa shape index (κ3) is 4.03. The molecule has 2 rings (SSSR count). The van der Waals surface area contributed by atoms with Gasteiger partial charge in [-0.1, -0.05) is 30.3 Å². The summed E-state index contributed by atoms with van der Waals surface area (Å²) in [7, 11) is 1.73. The summed E-state index contributed by atoms with van der Waals surface area (Å²) in [6.07, 6.45) is 3.36. The van der Waals surface area contributed by atoms with Crippen molar-refractivity contribution in [1.29, 1.82) is 0 Å². The Labute approximate surface area is 116 Å². The Kier molecular flexibility index (Phi) is 4.97. The molecule has 3 heteroatoms. The summed E-state index contributed by atoms with van der Waals surface area (Å²) in [5, 5.41) is 13.3. The van der Waals surface area contributed by atoms with Crippen LogP contribution >= 0.6 is 0 Å². The fraction of sp³-hybridized carbons (Fsp3) is 0.625. The summed E-state index contributed by atoms with van der Waals surface area (Å²) >= 11 is 0. The summed E-state index contributed by atoms with van der Waals surface area (Å²) in [4.78, 5) is 0. The van der Waals surface area contributed by atoms with E-state index in [2.05, 4.69) is 36.5 Å². The number of aliphatic hydroxyl groups is 1. The van der Waals surface area contributed by atoms with E-state index < -0.39 is 0 Å². The number of methoxy groups -OCH3 is 1. The first-order valence-electron chi connectivity index (χ1n) is 7.09. The molecule has 2 unspecified atom stereocenters. The molecule has 0 heterocycles. The number of rotatable bonds is 8. The van der Waals surface area contributed by atoms with Gasteiger partial charge in [0, 0.05) is 18.7 Å². The van der Waals surface area contributed by atoms with Gasteiger partial charge < -0.3 is 15.2 Å². The Morgan fingerprint density at radius 3 is 2.58 bits per heavy atom. The van der Waals surface area contributed by atoms with Crippen molar-refractivity contribution in [3.05, 3.63) is 35.9 Å². The molecule has 0 aromatic heterocycles. The number of aliphatic hydroxyl groups excluding tert-OH is 1. The lowest BCUT2D eigenvalue weighted by Gasteiger charge is -2.34. The van der Waals surface area contributed by atoms with E-state index in [0.717, 1.165) is 6.42 Å². The summed E-state index contributed by atoms with van der Waals surface area (Å²) < 4.78 is 5.32. The van der Waals surface area contributed by atoms with Crippen molar-refractivity contribution in [2.24, 2.45) is 5.92 Å². The number of hydrogen-bond donors (Lipinski definition) is 2. The minimum absolute atomic E-state index is 0.169. The Balaban J connectivity index is 1.99. The van der Waals surface area contributed by atoms with E-state index in [0.29, 0.717) is 12.5 Å². The second kappa shape index (κ2) is 6.51. The Morgan fingerprint density at radius 2 is 2.05 bits per heavy atom. The lowest BCUT2D eigenvalue weighted by Crippen LogP contribution is -2.54. The topological polar surface area (TPSA) is 41.5 Å². The van der Waals surface area contributed by atoms with Crippen LogP contribution in [0.2, 0.25) is 0 Å². The van der Waals surface area contributed by atoms with E-state index in [1.807, 2.05) is 6.07 Å². The summed E-state index contributed by atoms with van der Waals surface area (Å²) in [6, 6.07) is 10.7. The molecule has 0 saturated heterocycles. The number of benzene rings is 1. The van der Waals surface area contributed by atoms with Gasteiger partial charge in [-0.2, -0.15) is 0 Å². The molecular formula is C16H25NO2. The molecule has 2 atom stereocenters. The predicted octanol–water partition coefficient (Wildman–Crippen LogP) is 1.99. The van der Waals surface area contributed by atoms with Gasteiger partial charge in [-0.25, -0.2) is 0 Å². The molecule has 0 aliphatic heterocycles. The highest BCUT2D eigenvalue weighted by atomic mass is 16.5. The van der Waals surface area contributed by atoms with Gasteiger partial charge in [0.05, 0.1) is 13.2 Å². The third-order valence-electron chi connectivity index (χ3n) is 4.03. The SMILES string of the molecule is COCC(Cc1ccccc1)NC(C)(CO)C1CC1. The molecule has 0 amide bonds. The van der Waals surface area contributed by atoms with E-state index in [1.165, 1.54) is 18.4 Å². The van der Waals surface area contributed by atoms with Crippen LogP contribution in [0.4, 0.5) is 0 Å².